The number of aromatic nitrogens is 2. The highest BCUT2D eigenvalue weighted by Crippen LogP contribution is 2.25. The fraction of sp³-hybridized carbons (Fsp3) is 0.417. The van der Waals surface area contributed by atoms with Crippen LogP contribution in [-0.2, 0) is 6.54 Å². The quantitative estimate of drug-likeness (QED) is 0.886. The van der Waals surface area contributed by atoms with Gasteiger partial charge in [-0.3, -0.25) is 0 Å². The molecule has 3 nitrogen and oxygen atoms in total. The van der Waals surface area contributed by atoms with Gasteiger partial charge >= 0.3 is 0 Å². The van der Waals surface area contributed by atoms with E-state index >= 15 is 0 Å². The van der Waals surface area contributed by atoms with Gasteiger partial charge in [0.05, 0.1) is 18.2 Å². The second-order valence-electron chi connectivity index (χ2n) is 3.91. The van der Waals surface area contributed by atoms with Crippen LogP contribution >= 0.6 is 11.3 Å². The molecule has 0 saturated heterocycles. The van der Waals surface area contributed by atoms with Gasteiger partial charge in [0.1, 0.15) is 6.10 Å². The lowest BCUT2D eigenvalue weighted by molar-refractivity contribution is 0.210. The maximum Gasteiger partial charge on any atom is 0.121 e. The van der Waals surface area contributed by atoms with Gasteiger partial charge in [0.15, 0.2) is 0 Å². The van der Waals surface area contributed by atoms with Crippen LogP contribution < -0.4 is 0 Å². The average molecular weight is 236 g/mol. The zero-order chi connectivity index (χ0) is 11.5. The van der Waals surface area contributed by atoms with Gasteiger partial charge in [-0.2, -0.15) is 0 Å². The van der Waals surface area contributed by atoms with Crippen LogP contribution in [0.2, 0.25) is 0 Å². The van der Waals surface area contributed by atoms with E-state index in [1.165, 1.54) is 4.88 Å². The van der Waals surface area contributed by atoms with Crippen LogP contribution in [0.3, 0.4) is 0 Å². The third-order valence-corrected chi connectivity index (χ3v) is 3.44. The first-order chi connectivity index (χ1) is 7.72. The molecule has 0 aliphatic carbocycles. The summed E-state index contributed by atoms with van der Waals surface area (Å²) >= 11 is 1.66. The number of nitrogens with zero attached hydrogens (tertiary/aromatic N) is 2. The van der Waals surface area contributed by atoms with E-state index in [1.54, 1.807) is 23.9 Å². The Kier molecular flexibility index (Phi) is 3.41. The predicted molar refractivity (Wildman–Crippen MR) is 65.6 cm³/mol. The normalized spacial score (nSPS) is 12.9. The van der Waals surface area contributed by atoms with Crippen molar-refractivity contribution in [2.45, 2.75) is 32.9 Å². The minimum Gasteiger partial charge on any atom is -0.382 e. The molecule has 1 atom stereocenters. The maximum atomic E-state index is 10.2. The molecule has 0 radical (unpaired) electrons. The third kappa shape index (κ3) is 2.18. The Labute approximate surface area is 99.4 Å². The Bertz CT molecular complexity index is 461. The summed E-state index contributed by atoms with van der Waals surface area (Å²) in [4.78, 5) is 5.32. The molecule has 0 aliphatic heterocycles. The van der Waals surface area contributed by atoms with E-state index in [4.69, 9.17) is 0 Å². The number of rotatable bonds is 4. The van der Waals surface area contributed by atoms with E-state index in [2.05, 4.69) is 11.9 Å². The Hall–Kier alpha value is -1.13. The molecule has 0 aromatic carbocycles. The standard InChI is InChI=1S/C12H16N2OS/c1-3-4-14-8-13-6-11(14)12(15)10-5-9(2)16-7-10/h5-8,12,15H,3-4H2,1-2H3. The smallest absolute Gasteiger partial charge is 0.121 e. The van der Waals surface area contributed by atoms with Crippen molar-refractivity contribution in [2.75, 3.05) is 0 Å². The van der Waals surface area contributed by atoms with Crippen molar-refractivity contribution >= 4 is 11.3 Å². The van der Waals surface area contributed by atoms with Crippen molar-refractivity contribution in [3.8, 4) is 0 Å². The molecule has 1 N–H and O–H groups in total. The van der Waals surface area contributed by atoms with Crippen molar-refractivity contribution in [1.29, 1.82) is 0 Å². The first-order valence-corrected chi connectivity index (χ1v) is 6.33. The van der Waals surface area contributed by atoms with E-state index in [0.717, 1.165) is 24.2 Å². The zero-order valence-corrected chi connectivity index (χ0v) is 10.4. The Morgan fingerprint density at radius 2 is 2.38 bits per heavy atom. The summed E-state index contributed by atoms with van der Waals surface area (Å²) in [5, 5.41) is 12.3. The molecular formula is C12H16N2OS. The van der Waals surface area contributed by atoms with Crippen LogP contribution in [0.15, 0.2) is 24.0 Å². The van der Waals surface area contributed by atoms with E-state index < -0.39 is 6.10 Å². The van der Waals surface area contributed by atoms with Gasteiger partial charge in [-0.1, -0.05) is 6.92 Å². The summed E-state index contributed by atoms with van der Waals surface area (Å²) in [5.41, 5.74) is 1.83. The van der Waals surface area contributed by atoms with Crippen LogP contribution in [0.4, 0.5) is 0 Å². The number of hydrogen-bond acceptors (Lipinski definition) is 3. The van der Waals surface area contributed by atoms with Gasteiger partial charge in [0.25, 0.3) is 0 Å². The molecule has 0 aliphatic rings. The molecule has 1 unspecified atom stereocenters. The number of thiophene rings is 1. The van der Waals surface area contributed by atoms with Gasteiger partial charge in [0, 0.05) is 11.4 Å². The highest BCUT2D eigenvalue weighted by molar-refractivity contribution is 7.10. The predicted octanol–water partition coefficient (Wildman–Crippen LogP) is 2.74. The largest absolute Gasteiger partial charge is 0.382 e. The molecule has 2 rings (SSSR count). The van der Waals surface area contributed by atoms with Crippen molar-refractivity contribution in [3.05, 3.63) is 40.1 Å². The molecule has 16 heavy (non-hydrogen) atoms. The zero-order valence-electron chi connectivity index (χ0n) is 9.55. The Balaban J connectivity index is 2.26. The molecule has 0 saturated carbocycles. The topological polar surface area (TPSA) is 38.0 Å². The van der Waals surface area contributed by atoms with Crippen LogP contribution in [0.1, 0.15) is 35.6 Å². The number of aliphatic hydroxyl groups is 1. The van der Waals surface area contributed by atoms with Crippen molar-refractivity contribution < 1.29 is 5.11 Å². The molecule has 0 spiro atoms. The van der Waals surface area contributed by atoms with E-state index in [0.29, 0.717) is 0 Å². The SMILES string of the molecule is CCCn1cncc1C(O)c1csc(C)c1. The number of aliphatic hydroxyl groups excluding tert-OH is 1. The van der Waals surface area contributed by atoms with Crippen LogP contribution in [-0.4, -0.2) is 14.7 Å². The molecule has 2 aromatic rings. The highest BCUT2D eigenvalue weighted by Gasteiger charge is 2.15. The first kappa shape index (κ1) is 11.4. The highest BCUT2D eigenvalue weighted by atomic mass is 32.1. The van der Waals surface area contributed by atoms with E-state index in [9.17, 15) is 5.11 Å². The minimum atomic E-state index is -0.556. The molecule has 2 aromatic heterocycles. The van der Waals surface area contributed by atoms with Gasteiger partial charge in [0.2, 0.25) is 0 Å². The molecular weight excluding hydrogens is 220 g/mol. The summed E-state index contributed by atoms with van der Waals surface area (Å²) in [7, 11) is 0. The summed E-state index contributed by atoms with van der Waals surface area (Å²) < 4.78 is 2.01. The molecule has 0 fully saturated rings. The number of imidazole rings is 1. The monoisotopic (exact) mass is 236 g/mol. The maximum absolute atomic E-state index is 10.2. The van der Waals surface area contributed by atoms with Gasteiger partial charge in [-0.25, -0.2) is 4.98 Å². The van der Waals surface area contributed by atoms with Crippen LogP contribution in [0, 0.1) is 6.92 Å². The fourth-order valence-corrected chi connectivity index (χ4v) is 2.49. The number of aryl methyl sites for hydroxylation is 2. The molecule has 2 heterocycles. The first-order valence-electron chi connectivity index (χ1n) is 5.45. The lowest BCUT2D eigenvalue weighted by Gasteiger charge is -2.11. The molecule has 4 heteroatoms. The molecule has 0 bridgehead atoms. The van der Waals surface area contributed by atoms with Gasteiger partial charge in [-0.05, 0) is 30.4 Å². The van der Waals surface area contributed by atoms with Crippen LogP contribution in [0.25, 0.3) is 0 Å². The fourth-order valence-electron chi connectivity index (χ4n) is 1.76. The average Bonchev–Trinajstić information content (AvgIpc) is 2.87. The lowest BCUT2D eigenvalue weighted by Crippen LogP contribution is -2.07. The van der Waals surface area contributed by atoms with Crippen molar-refractivity contribution in [1.82, 2.24) is 9.55 Å². The van der Waals surface area contributed by atoms with Gasteiger partial charge in [-0.15, -0.1) is 11.3 Å². The molecule has 86 valence electrons. The lowest BCUT2D eigenvalue weighted by atomic mass is 10.1. The van der Waals surface area contributed by atoms with Crippen LogP contribution in [0.5, 0.6) is 0 Å². The summed E-state index contributed by atoms with van der Waals surface area (Å²) in [5.74, 6) is 0. The Morgan fingerprint density at radius 1 is 1.56 bits per heavy atom. The second kappa shape index (κ2) is 4.80. The van der Waals surface area contributed by atoms with Crippen molar-refractivity contribution in [3.63, 3.8) is 0 Å². The molecule has 0 amide bonds. The minimum absolute atomic E-state index is 0.556. The Morgan fingerprint density at radius 3 is 3.00 bits per heavy atom. The van der Waals surface area contributed by atoms with Crippen molar-refractivity contribution in [2.24, 2.45) is 0 Å². The summed E-state index contributed by atoms with van der Waals surface area (Å²) in [6, 6.07) is 2.03. The summed E-state index contributed by atoms with van der Waals surface area (Å²) in [6.07, 6.45) is 4.01. The number of hydrogen-bond donors (Lipinski definition) is 1. The summed E-state index contributed by atoms with van der Waals surface area (Å²) in [6.45, 7) is 5.06. The van der Waals surface area contributed by atoms with E-state index in [1.807, 2.05) is 22.9 Å². The second-order valence-corrected chi connectivity index (χ2v) is 5.02. The van der Waals surface area contributed by atoms with E-state index in [-0.39, 0.29) is 0 Å². The third-order valence-electron chi connectivity index (χ3n) is 2.56. The van der Waals surface area contributed by atoms with Gasteiger partial charge < -0.3 is 9.67 Å².